The van der Waals surface area contributed by atoms with Gasteiger partial charge in [0, 0.05) is 6.04 Å². The number of hydrogen-bond donors (Lipinski definition) is 3. The van der Waals surface area contributed by atoms with Crippen molar-refractivity contribution in [2.75, 3.05) is 19.6 Å². The van der Waals surface area contributed by atoms with Gasteiger partial charge < -0.3 is 26.4 Å². The normalized spacial score (nSPS) is 11.5. The average molecular weight is 288 g/mol. The van der Waals surface area contributed by atoms with Gasteiger partial charge in [-0.2, -0.15) is 0 Å². The molecular weight excluding hydrogens is 268 g/mol. The van der Waals surface area contributed by atoms with Crippen LogP contribution in [0.25, 0.3) is 0 Å². The molecule has 9 heteroatoms. The number of carboxylic acid groups (broad SMARTS) is 1. The number of hydrogen-bond acceptors (Lipinski definition) is 4. The Morgan fingerprint density at radius 3 is 1.80 bits per heavy atom. The lowest BCUT2D eigenvalue weighted by Gasteiger charge is -2.32. The molecule has 0 radical (unpaired) electrons. The van der Waals surface area contributed by atoms with Crippen molar-refractivity contribution in [1.82, 2.24) is 9.80 Å². The van der Waals surface area contributed by atoms with Gasteiger partial charge in [0.15, 0.2) is 0 Å². The van der Waals surface area contributed by atoms with E-state index >= 15 is 0 Å². The molecule has 0 aliphatic heterocycles. The Morgan fingerprint density at radius 2 is 1.50 bits per heavy atom. The van der Waals surface area contributed by atoms with Gasteiger partial charge in [-0.1, -0.05) is 6.92 Å². The van der Waals surface area contributed by atoms with E-state index < -0.39 is 43.4 Å². The number of rotatable bonds is 8. The van der Waals surface area contributed by atoms with Crippen molar-refractivity contribution in [3.8, 4) is 0 Å². The molecule has 114 valence electrons. The first kappa shape index (κ1) is 17.7. The topological polar surface area (TPSA) is 147 Å². The van der Waals surface area contributed by atoms with Crippen molar-refractivity contribution in [2.24, 2.45) is 11.5 Å². The fourth-order valence-corrected chi connectivity index (χ4v) is 1.53. The maximum atomic E-state index is 12.2. The number of amides is 4. The summed E-state index contributed by atoms with van der Waals surface area (Å²) in [4.78, 5) is 46.8. The monoisotopic (exact) mass is 288 g/mol. The molecule has 0 aliphatic carbocycles. The highest BCUT2D eigenvalue weighted by atomic mass is 16.4. The Balaban J connectivity index is 5.15. The smallest absolute Gasteiger partial charge is 0.323 e. The van der Waals surface area contributed by atoms with Gasteiger partial charge in [-0.05, 0) is 13.3 Å². The van der Waals surface area contributed by atoms with Crippen LogP contribution in [-0.2, 0) is 14.4 Å². The Morgan fingerprint density at radius 1 is 1.05 bits per heavy atom. The Kier molecular flexibility index (Phi) is 7.05. The minimum Gasteiger partial charge on any atom is -0.480 e. The van der Waals surface area contributed by atoms with Crippen LogP contribution in [-0.4, -0.2) is 64.4 Å². The second-order valence-electron chi connectivity index (χ2n) is 4.35. The number of urea groups is 1. The van der Waals surface area contributed by atoms with Gasteiger partial charge in [-0.25, -0.2) is 4.79 Å². The average Bonchev–Trinajstić information content (AvgIpc) is 2.32. The molecule has 0 aromatic rings. The Labute approximate surface area is 116 Å². The molecule has 5 N–H and O–H groups in total. The largest absolute Gasteiger partial charge is 0.480 e. The van der Waals surface area contributed by atoms with E-state index in [1.165, 1.54) is 0 Å². The number of carbonyl (C=O) groups is 4. The molecule has 1 atom stereocenters. The first-order valence-corrected chi connectivity index (χ1v) is 6.02. The molecule has 9 nitrogen and oxygen atoms in total. The maximum Gasteiger partial charge on any atom is 0.323 e. The molecule has 1 unspecified atom stereocenters. The number of nitrogens with zero attached hydrogens (tertiary/aromatic N) is 2. The predicted molar refractivity (Wildman–Crippen MR) is 69.5 cm³/mol. The van der Waals surface area contributed by atoms with Crippen LogP contribution >= 0.6 is 0 Å². The lowest BCUT2D eigenvalue weighted by Crippen LogP contribution is -2.53. The molecule has 0 aromatic carbocycles. The zero-order chi connectivity index (χ0) is 15.9. The summed E-state index contributed by atoms with van der Waals surface area (Å²) in [6, 6.07) is -1.14. The lowest BCUT2D eigenvalue weighted by molar-refractivity contribution is -0.138. The molecule has 0 fully saturated rings. The Hall–Kier alpha value is -2.32. The van der Waals surface area contributed by atoms with Crippen LogP contribution in [0.2, 0.25) is 0 Å². The third-order valence-corrected chi connectivity index (χ3v) is 2.64. The van der Waals surface area contributed by atoms with E-state index in [-0.39, 0.29) is 6.04 Å². The number of carboxylic acids is 1. The van der Waals surface area contributed by atoms with Gasteiger partial charge in [-0.15, -0.1) is 0 Å². The summed E-state index contributed by atoms with van der Waals surface area (Å²) in [6.07, 6.45) is 0.514. The molecular formula is C11H20N4O5. The van der Waals surface area contributed by atoms with Gasteiger partial charge >= 0.3 is 12.0 Å². The summed E-state index contributed by atoms with van der Waals surface area (Å²) in [7, 11) is 0. The highest BCUT2D eigenvalue weighted by Crippen LogP contribution is 2.08. The zero-order valence-corrected chi connectivity index (χ0v) is 11.5. The first-order chi connectivity index (χ1) is 9.18. The highest BCUT2D eigenvalue weighted by Gasteiger charge is 2.28. The number of nitrogens with two attached hydrogens (primary N) is 2. The second-order valence-corrected chi connectivity index (χ2v) is 4.35. The molecule has 0 rings (SSSR count). The number of carbonyl (C=O) groups excluding carboxylic acids is 3. The fourth-order valence-electron chi connectivity index (χ4n) is 1.53. The molecule has 4 amide bonds. The van der Waals surface area contributed by atoms with Crippen LogP contribution in [0, 0.1) is 0 Å². The summed E-state index contributed by atoms with van der Waals surface area (Å²) >= 11 is 0. The van der Waals surface area contributed by atoms with Crippen molar-refractivity contribution in [2.45, 2.75) is 26.3 Å². The van der Waals surface area contributed by atoms with E-state index in [1.54, 1.807) is 13.8 Å². The molecule has 0 aromatic heterocycles. The summed E-state index contributed by atoms with van der Waals surface area (Å²) in [5.41, 5.74) is 9.99. The fraction of sp³-hybridized carbons (Fsp3) is 0.636. The van der Waals surface area contributed by atoms with Gasteiger partial charge in [0.2, 0.25) is 11.8 Å². The van der Waals surface area contributed by atoms with Crippen LogP contribution in [0.15, 0.2) is 0 Å². The van der Waals surface area contributed by atoms with E-state index in [1.807, 2.05) is 0 Å². The minimum atomic E-state index is -1.20. The van der Waals surface area contributed by atoms with Crippen molar-refractivity contribution in [3.63, 3.8) is 0 Å². The van der Waals surface area contributed by atoms with Crippen LogP contribution in [0.3, 0.4) is 0 Å². The van der Waals surface area contributed by atoms with Gasteiger partial charge in [0.25, 0.3) is 0 Å². The van der Waals surface area contributed by atoms with E-state index in [0.29, 0.717) is 6.42 Å². The summed E-state index contributed by atoms with van der Waals surface area (Å²) < 4.78 is 0. The van der Waals surface area contributed by atoms with Crippen LogP contribution in [0.1, 0.15) is 20.3 Å². The highest BCUT2D eigenvalue weighted by molar-refractivity contribution is 5.88. The zero-order valence-electron chi connectivity index (χ0n) is 11.5. The predicted octanol–water partition coefficient (Wildman–Crippen LogP) is -1.44. The molecule has 0 saturated carbocycles. The second kappa shape index (κ2) is 7.97. The van der Waals surface area contributed by atoms with Crippen molar-refractivity contribution >= 4 is 23.8 Å². The van der Waals surface area contributed by atoms with Crippen LogP contribution < -0.4 is 11.5 Å². The minimum absolute atomic E-state index is 0.373. The van der Waals surface area contributed by atoms with E-state index in [0.717, 1.165) is 9.80 Å². The molecule has 0 spiro atoms. The molecule has 20 heavy (non-hydrogen) atoms. The SMILES string of the molecule is CCC(C)N(CC(=O)O)C(=O)N(CC(N)=O)CC(N)=O. The number of aliphatic carboxylic acids is 1. The number of primary amides is 2. The van der Waals surface area contributed by atoms with E-state index in [9.17, 15) is 19.2 Å². The Bertz CT molecular complexity index is 382. The quantitative estimate of drug-likeness (QED) is 0.500. The third-order valence-electron chi connectivity index (χ3n) is 2.64. The maximum absolute atomic E-state index is 12.2. The van der Waals surface area contributed by atoms with E-state index in [2.05, 4.69) is 0 Å². The van der Waals surface area contributed by atoms with E-state index in [4.69, 9.17) is 16.6 Å². The molecule has 0 aliphatic rings. The standard InChI is InChI=1S/C11H20N4O5/c1-3-7(2)15(6-10(18)19)11(20)14(4-8(12)16)5-9(13)17/h7H,3-6H2,1-2H3,(H2,12,16)(H2,13,17)(H,18,19). The summed E-state index contributed by atoms with van der Waals surface area (Å²) in [5, 5.41) is 8.83. The third kappa shape index (κ3) is 6.03. The van der Waals surface area contributed by atoms with Gasteiger partial charge in [-0.3, -0.25) is 14.4 Å². The summed E-state index contributed by atoms with van der Waals surface area (Å²) in [6.45, 7) is 1.89. The van der Waals surface area contributed by atoms with Crippen LogP contribution in [0.4, 0.5) is 4.79 Å². The first-order valence-electron chi connectivity index (χ1n) is 6.02. The summed E-state index contributed by atoms with van der Waals surface area (Å²) in [5.74, 6) is -2.84. The van der Waals surface area contributed by atoms with Gasteiger partial charge in [0.1, 0.15) is 19.6 Å². The van der Waals surface area contributed by atoms with Crippen molar-refractivity contribution in [3.05, 3.63) is 0 Å². The molecule has 0 heterocycles. The molecule has 0 saturated heterocycles. The van der Waals surface area contributed by atoms with Crippen LogP contribution in [0.5, 0.6) is 0 Å². The van der Waals surface area contributed by atoms with Gasteiger partial charge in [0.05, 0.1) is 0 Å². The van der Waals surface area contributed by atoms with Crippen molar-refractivity contribution < 1.29 is 24.3 Å². The van der Waals surface area contributed by atoms with Crippen molar-refractivity contribution in [1.29, 1.82) is 0 Å². The lowest BCUT2D eigenvalue weighted by atomic mass is 10.2. The molecule has 0 bridgehead atoms.